The lowest BCUT2D eigenvalue weighted by Crippen LogP contribution is -2.29. The average molecular weight is 271 g/mol. The van der Waals surface area contributed by atoms with Crippen molar-refractivity contribution in [2.24, 2.45) is 16.8 Å². The lowest BCUT2D eigenvalue weighted by atomic mass is 9.69. The van der Waals surface area contributed by atoms with E-state index in [2.05, 4.69) is 0 Å². The van der Waals surface area contributed by atoms with Crippen LogP contribution in [-0.4, -0.2) is 17.4 Å². The average Bonchev–Trinajstić information content (AvgIpc) is 2.48. The minimum absolute atomic E-state index is 0.377. The van der Waals surface area contributed by atoms with Crippen LogP contribution in [0.3, 0.4) is 0 Å². The quantitative estimate of drug-likeness (QED) is 0.790. The molecule has 3 rings (SSSR count). The fourth-order valence-corrected chi connectivity index (χ4v) is 3.96. The van der Waals surface area contributed by atoms with Crippen LogP contribution in [0.4, 0.5) is 0 Å². The molecule has 2 aliphatic carbocycles. The molecule has 108 valence electrons. The van der Waals surface area contributed by atoms with Gasteiger partial charge in [-0.15, -0.1) is 0 Å². The number of phenolic OH excluding ortho intramolecular Hbond substituents is 1. The van der Waals surface area contributed by atoms with Gasteiger partial charge in [0.05, 0.1) is 6.04 Å². The van der Waals surface area contributed by atoms with E-state index in [0.717, 1.165) is 23.0 Å². The summed E-state index contributed by atoms with van der Waals surface area (Å²) in [5.74, 6) is 2.26. The lowest BCUT2D eigenvalue weighted by Gasteiger charge is -2.38. The van der Waals surface area contributed by atoms with Gasteiger partial charge in [0.1, 0.15) is 5.75 Å². The monoisotopic (exact) mass is 271 g/mol. The summed E-state index contributed by atoms with van der Waals surface area (Å²) in [6.45, 7) is 1.93. The van der Waals surface area contributed by atoms with Crippen LogP contribution in [0.5, 0.6) is 5.75 Å². The first-order chi connectivity index (χ1) is 9.74. The number of fused-ring (bicyclic) bond motifs is 1. The smallest absolute Gasteiger partial charge is 0.127 e. The van der Waals surface area contributed by atoms with Crippen LogP contribution in [0.2, 0.25) is 0 Å². The minimum Gasteiger partial charge on any atom is -0.507 e. The van der Waals surface area contributed by atoms with Crippen LogP contribution in [0.25, 0.3) is 0 Å². The van der Waals surface area contributed by atoms with Crippen LogP contribution in [0.1, 0.15) is 56.1 Å². The molecule has 1 aromatic carbocycles. The zero-order valence-corrected chi connectivity index (χ0v) is 12.4. The Balaban J connectivity index is 1.66. The molecular weight excluding hydrogens is 246 g/mol. The highest BCUT2D eigenvalue weighted by molar-refractivity contribution is 5.84. The first-order valence-electron chi connectivity index (χ1n) is 8.06. The molecule has 0 aromatic heterocycles. The normalized spacial score (nSPS) is 30.4. The van der Waals surface area contributed by atoms with Crippen molar-refractivity contribution in [3.8, 4) is 5.75 Å². The summed E-state index contributed by atoms with van der Waals surface area (Å²) in [6, 6.07) is 6.32. The number of aryl methyl sites for hydroxylation is 1. The van der Waals surface area contributed by atoms with Gasteiger partial charge < -0.3 is 5.11 Å². The number of aliphatic imine (C=N–C) groups is 1. The van der Waals surface area contributed by atoms with E-state index in [9.17, 15) is 5.11 Å². The van der Waals surface area contributed by atoms with Gasteiger partial charge in [-0.3, -0.25) is 4.99 Å². The summed E-state index contributed by atoms with van der Waals surface area (Å²) < 4.78 is 0. The van der Waals surface area contributed by atoms with E-state index < -0.39 is 0 Å². The van der Waals surface area contributed by atoms with E-state index >= 15 is 0 Å². The van der Waals surface area contributed by atoms with E-state index in [4.69, 9.17) is 4.99 Å². The Morgan fingerprint density at radius 3 is 2.75 bits per heavy atom. The SMILES string of the molecule is Cc1cccc(C=NC2CCC3CCCCC3C2)c1O. The van der Waals surface area contributed by atoms with Gasteiger partial charge >= 0.3 is 0 Å². The maximum Gasteiger partial charge on any atom is 0.127 e. The van der Waals surface area contributed by atoms with Gasteiger partial charge in [0.25, 0.3) is 0 Å². The van der Waals surface area contributed by atoms with Crippen molar-refractivity contribution in [3.05, 3.63) is 29.3 Å². The van der Waals surface area contributed by atoms with E-state index in [-0.39, 0.29) is 0 Å². The third-order valence-electron chi connectivity index (χ3n) is 5.21. The van der Waals surface area contributed by atoms with Crippen LogP contribution in [-0.2, 0) is 0 Å². The maximum atomic E-state index is 10.0. The lowest BCUT2D eigenvalue weighted by molar-refractivity contribution is 0.157. The summed E-state index contributed by atoms with van der Waals surface area (Å²) in [6.07, 6.45) is 11.4. The molecule has 2 aliphatic rings. The highest BCUT2D eigenvalue weighted by Gasteiger charge is 2.31. The molecule has 0 radical (unpaired) electrons. The van der Waals surface area contributed by atoms with E-state index in [1.807, 2.05) is 31.3 Å². The van der Waals surface area contributed by atoms with Crippen molar-refractivity contribution in [1.82, 2.24) is 0 Å². The third-order valence-corrected chi connectivity index (χ3v) is 5.21. The molecular formula is C18H25NO. The molecule has 1 aromatic rings. The Morgan fingerprint density at radius 1 is 1.10 bits per heavy atom. The van der Waals surface area contributed by atoms with Gasteiger partial charge in [0.15, 0.2) is 0 Å². The van der Waals surface area contributed by atoms with Crippen LogP contribution in [0, 0.1) is 18.8 Å². The molecule has 0 bridgehead atoms. The van der Waals surface area contributed by atoms with Crippen molar-refractivity contribution in [1.29, 1.82) is 0 Å². The Bertz CT molecular complexity index is 494. The van der Waals surface area contributed by atoms with Gasteiger partial charge in [-0.2, -0.15) is 0 Å². The molecule has 2 fully saturated rings. The number of benzene rings is 1. The van der Waals surface area contributed by atoms with Crippen LogP contribution >= 0.6 is 0 Å². The molecule has 20 heavy (non-hydrogen) atoms. The zero-order chi connectivity index (χ0) is 13.9. The molecule has 1 N–H and O–H groups in total. The number of rotatable bonds is 2. The summed E-state index contributed by atoms with van der Waals surface area (Å²) in [7, 11) is 0. The first-order valence-corrected chi connectivity index (χ1v) is 8.06. The Hall–Kier alpha value is -1.31. The van der Waals surface area contributed by atoms with Crippen LogP contribution < -0.4 is 0 Å². The number of aromatic hydroxyl groups is 1. The molecule has 0 aliphatic heterocycles. The van der Waals surface area contributed by atoms with Gasteiger partial charge in [0, 0.05) is 11.8 Å². The summed E-state index contributed by atoms with van der Waals surface area (Å²) in [4.78, 5) is 4.76. The fourth-order valence-electron chi connectivity index (χ4n) is 3.96. The van der Waals surface area contributed by atoms with Crippen molar-refractivity contribution >= 4 is 6.21 Å². The number of phenols is 1. The molecule has 0 heterocycles. The molecule has 3 unspecified atom stereocenters. The fraction of sp³-hybridized carbons (Fsp3) is 0.611. The number of hydrogen-bond acceptors (Lipinski definition) is 2. The van der Waals surface area contributed by atoms with Crippen molar-refractivity contribution in [2.45, 2.75) is 57.9 Å². The number of nitrogens with zero attached hydrogens (tertiary/aromatic N) is 1. The predicted octanol–water partition coefficient (Wildman–Crippen LogP) is 4.48. The highest BCUT2D eigenvalue weighted by Crippen LogP contribution is 2.41. The van der Waals surface area contributed by atoms with E-state index in [0.29, 0.717) is 11.8 Å². The molecule has 0 saturated heterocycles. The second kappa shape index (κ2) is 5.99. The standard InChI is InChI=1S/C18H25NO/c1-13-5-4-8-16(18(13)20)12-19-17-10-9-14-6-2-3-7-15(14)11-17/h4-5,8,12,14-15,17,20H,2-3,6-7,9-11H2,1H3. The van der Waals surface area contributed by atoms with Gasteiger partial charge in [0.2, 0.25) is 0 Å². The second-order valence-electron chi connectivity index (χ2n) is 6.56. The molecule has 3 atom stereocenters. The van der Waals surface area contributed by atoms with Gasteiger partial charge in [-0.05, 0) is 49.7 Å². The predicted molar refractivity (Wildman–Crippen MR) is 83.5 cm³/mol. The van der Waals surface area contributed by atoms with Crippen LogP contribution in [0.15, 0.2) is 23.2 Å². The molecule has 2 heteroatoms. The number of para-hydroxylation sites is 1. The highest BCUT2D eigenvalue weighted by atomic mass is 16.3. The maximum absolute atomic E-state index is 10.0. The molecule has 2 nitrogen and oxygen atoms in total. The summed E-state index contributed by atoms with van der Waals surface area (Å²) in [5, 5.41) is 10.0. The Morgan fingerprint density at radius 2 is 1.90 bits per heavy atom. The first kappa shape index (κ1) is 13.7. The molecule has 0 spiro atoms. The molecule has 0 amide bonds. The van der Waals surface area contributed by atoms with Crippen molar-refractivity contribution in [3.63, 3.8) is 0 Å². The summed E-state index contributed by atoms with van der Waals surface area (Å²) >= 11 is 0. The Kier molecular flexibility index (Phi) is 4.09. The number of hydrogen-bond donors (Lipinski definition) is 1. The van der Waals surface area contributed by atoms with Crippen molar-refractivity contribution in [2.75, 3.05) is 0 Å². The third kappa shape index (κ3) is 2.89. The molecule has 2 saturated carbocycles. The Labute approximate surface area is 121 Å². The zero-order valence-electron chi connectivity index (χ0n) is 12.4. The van der Waals surface area contributed by atoms with E-state index in [1.54, 1.807) is 0 Å². The largest absolute Gasteiger partial charge is 0.507 e. The van der Waals surface area contributed by atoms with Gasteiger partial charge in [-0.25, -0.2) is 0 Å². The van der Waals surface area contributed by atoms with Gasteiger partial charge in [-0.1, -0.05) is 37.8 Å². The minimum atomic E-state index is 0.377. The topological polar surface area (TPSA) is 32.6 Å². The van der Waals surface area contributed by atoms with E-state index in [1.165, 1.54) is 44.9 Å². The second-order valence-corrected chi connectivity index (χ2v) is 6.56. The summed E-state index contributed by atoms with van der Waals surface area (Å²) in [5.41, 5.74) is 1.78. The van der Waals surface area contributed by atoms with Crippen molar-refractivity contribution < 1.29 is 5.11 Å².